The number of esters is 1. The van der Waals surface area contributed by atoms with Gasteiger partial charge in [-0.15, -0.1) is 0 Å². The highest BCUT2D eigenvalue weighted by Crippen LogP contribution is 2.07. The molecule has 0 unspecified atom stereocenters. The van der Waals surface area contributed by atoms with Gasteiger partial charge in [-0.25, -0.2) is 9.59 Å². The van der Waals surface area contributed by atoms with Crippen LogP contribution in [0.2, 0.25) is 0 Å². The smallest absolute Gasteiger partial charge is 0.407 e. The lowest BCUT2D eigenvalue weighted by Gasteiger charge is -2.23. The number of rotatable bonds is 15. The molecule has 3 amide bonds. The Balaban J connectivity index is 2.38. The van der Waals surface area contributed by atoms with E-state index in [4.69, 9.17) is 14.2 Å². The lowest BCUT2D eigenvalue weighted by atomic mass is 10.2. The molecule has 0 spiro atoms. The Bertz CT molecular complexity index is 810. The van der Waals surface area contributed by atoms with Gasteiger partial charge in [0.25, 0.3) is 0 Å². The van der Waals surface area contributed by atoms with E-state index in [1.165, 1.54) is 0 Å². The molecule has 0 radical (unpaired) electrons. The van der Waals surface area contributed by atoms with Crippen molar-refractivity contribution in [3.8, 4) is 0 Å². The predicted molar refractivity (Wildman–Crippen MR) is 135 cm³/mol. The molecule has 0 atom stereocenters. The summed E-state index contributed by atoms with van der Waals surface area (Å²) in [7, 11) is 0. The summed E-state index contributed by atoms with van der Waals surface area (Å²) in [5.74, 6) is -0.564. The van der Waals surface area contributed by atoms with Crippen LogP contribution in [0.1, 0.15) is 65.4 Å². The van der Waals surface area contributed by atoms with Crippen molar-refractivity contribution in [2.45, 2.75) is 72.0 Å². The van der Waals surface area contributed by atoms with Gasteiger partial charge in [0.2, 0.25) is 5.91 Å². The minimum atomic E-state index is -0.582. The highest BCUT2D eigenvalue weighted by molar-refractivity contribution is 5.81. The Labute approximate surface area is 214 Å². The molecule has 0 aromatic heterocycles. The lowest BCUT2D eigenvalue weighted by Crippen LogP contribution is -2.37. The third-order valence-corrected chi connectivity index (χ3v) is 4.81. The van der Waals surface area contributed by atoms with E-state index >= 15 is 0 Å². The van der Waals surface area contributed by atoms with Crippen molar-refractivity contribution in [2.24, 2.45) is 0 Å². The van der Waals surface area contributed by atoms with E-state index in [1.807, 2.05) is 30.3 Å². The number of carbonyl (C=O) groups is 4. The van der Waals surface area contributed by atoms with Crippen LogP contribution < -0.4 is 10.6 Å². The number of benzene rings is 1. The number of amides is 3. The van der Waals surface area contributed by atoms with Crippen molar-refractivity contribution < 1.29 is 33.4 Å². The minimum absolute atomic E-state index is 0.0220. The van der Waals surface area contributed by atoms with E-state index in [1.54, 1.807) is 32.6 Å². The molecule has 0 aliphatic rings. The normalized spacial score (nSPS) is 10.8. The highest BCUT2D eigenvalue weighted by atomic mass is 16.6. The number of nitrogens with one attached hydrogen (secondary N) is 2. The van der Waals surface area contributed by atoms with Gasteiger partial charge >= 0.3 is 18.2 Å². The second-order valence-electron chi connectivity index (χ2n) is 9.16. The van der Waals surface area contributed by atoms with Crippen molar-refractivity contribution in [1.82, 2.24) is 15.5 Å². The molecule has 1 rings (SSSR count). The van der Waals surface area contributed by atoms with Crippen LogP contribution in [0.4, 0.5) is 9.59 Å². The van der Waals surface area contributed by atoms with E-state index < -0.39 is 23.8 Å². The van der Waals surface area contributed by atoms with Crippen molar-refractivity contribution in [2.75, 3.05) is 32.8 Å². The number of ether oxygens (including phenoxy) is 3. The molecule has 1 aromatic rings. The van der Waals surface area contributed by atoms with Crippen LogP contribution in [0, 0.1) is 0 Å². The summed E-state index contributed by atoms with van der Waals surface area (Å²) in [6.07, 6.45) is 0.926. The molecule has 10 nitrogen and oxygen atoms in total. The minimum Gasteiger partial charge on any atom is -0.466 e. The summed E-state index contributed by atoms with van der Waals surface area (Å²) in [4.78, 5) is 49.6. The fraction of sp³-hybridized carbons (Fsp3) is 0.615. The summed E-state index contributed by atoms with van der Waals surface area (Å²) in [6, 6.07) is 9.41. The maximum Gasteiger partial charge on any atom is 0.407 e. The molecule has 202 valence electrons. The van der Waals surface area contributed by atoms with E-state index in [0.29, 0.717) is 45.4 Å². The van der Waals surface area contributed by atoms with E-state index in [9.17, 15) is 19.2 Å². The second-order valence-corrected chi connectivity index (χ2v) is 9.16. The Hall–Kier alpha value is -3.30. The number of hydrogen-bond acceptors (Lipinski definition) is 7. The first-order valence-electron chi connectivity index (χ1n) is 12.5. The maximum atomic E-state index is 12.7. The molecule has 0 saturated heterocycles. The van der Waals surface area contributed by atoms with Crippen molar-refractivity contribution in [3.63, 3.8) is 0 Å². The number of alkyl carbamates (subject to hydrolysis) is 2. The lowest BCUT2D eigenvalue weighted by molar-refractivity contribution is -0.145. The van der Waals surface area contributed by atoms with Crippen LogP contribution in [0.5, 0.6) is 0 Å². The van der Waals surface area contributed by atoms with Crippen LogP contribution in [0.15, 0.2) is 30.3 Å². The van der Waals surface area contributed by atoms with Crippen LogP contribution in [0.25, 0.3) is 0 Å². The van der Waals surface area contributed by atoms with Gasteiger partial charge in [0, 0.05) is 32.6 Å². The summed E-state index contributed by atoms with van der Waals surface area (Å²) >= 11 is 0. The van der Waals surface area contributed by atoms with Crippen LogP contribution in [-0.4, -0.2) is 67.3 Å². The second kappa shape index (κ2) is 17.2. The molecular formula is C26H41N3O7. The molecule has 0 fully saturated rings. The van der Waals surface area contributed by atoms with Crippen LogP contribution >= 0.6 is 0 Å². The molecule has 0 bridgehead atoms. The largest absolute Gasteiger partial charge is 0.466 e. The van der Waals surface area contributed by atoms with Crippen molar-refractivity contribution >= 4 is 24.1 Å². The van der Waals surface area contributed by atoms with Gasteiger partial charge < -0.3 is 29.7 Å². The van der Waals surface area contributed by atoms with Gasteiger partial charge in [-0.2, -0.15) is 0 Å². The molecular weight excluding hydrogens is 466 g/mol. The zero-order chi connectivity index (χ0) is 26.8. The fourth-order valence-electron chi connectivity index (χ4n) is 3.13. The first-order valence-corrected chi connectivity index (χ1v) is 12.5. The zero-order valence-corrected chi connectivity index (χ0v) is 22.0. The average Bonchev–Trinajstić information content (AvgIpc) is 2.82. The van der Waals surface area contributed by atoms with Gasteiger partial charge in [-0.3, -0.25) is 9.59 Å². The number of unbranched alkanes of at least 4 members (excludes halogenated alkanes) is 1. The van der Waals surface area contributed by atoms with Gasteiger partial charge in [-0.05, 0) is 52.5 Å². The number of nitrogens with zero attached hydrogens (tertiary/aromatic N) is 1. The van der Waals surface area contributed by atoms with Gasteiger partial charge in [0.05, 0.1) is 13.0 Å². The average molecular weight is 508 g/mol. The Morgan fingerprint density at radius 3 is 2.14 bits per heavy atom. The monoisotopic (exact) mass is 507 g/mol. The SMILES string of the molecule is CCOC(=O)CCC(=O)N(CCCCNC(=O)OCc1ccccc1)CCCNC(=O)OC(C)(C)C. The Morgan fingerprint density at radius 1 is 0.833 bits per heavy atom. The third-order valence-electron chi connectivity index (χ3n) is 4.81. The van der Waals surface area contributed by atoms with E-state index in [-0.39, 0.29) is 32.0 Å². The quantitative estimate of drug-likeness (QED) is 0.210. The Morgan fingerprint density at radius 2 is 1.47 bits per heavy atom. The van der Waals surface area contributed by atoms with Crippen molar-refractivity contribution in [1.29, 1.82) is 0 Å². The number of hydrogen-bond donors (Lipinski definition) is 2. The molecule has 0 aliphatic carbocycles. The Kier molecular flexibility index (Phi) is 14.7. The fourth-order valence-corrected chi connectivity index (χ4v) is 3.13. The first kappa shape index (κ1) is 30.7. The van der Waals surface area contributed by atoms with Gasteiger partial charge in [0.15, 0.2) is 0 Å². The molecule has 1 aromatic carbocycles. The zero-order valence-electron chi connectivity index (χ0n) is 22.0. The summed E-state index contributed by atoms with van der Waals surface area (Å²) in [5.41, 5.74) is 0.326. The van der Waals surface area contributed by atoms with Crippen LogP contribution in [0.3, 0.4) is 0 Å². The molecule has 36 heavy (non-hydrogen) atoms. The first-order chi connectivity index (χ1) is 17.1. The van der Waals surface area contributed by atoms with Gasteiger partial charge in [-0.1, -0.05) is 30.3 Å². The topological polar surface area (TPSA) is 123 Å². The van der Waals surface area contributed by atoms with Crippen molar-refractivity contribution in [3.05, 3.63) is 35.9 Å². The van der Waals surface area contributed by atoms with E-state index in [2.05, 4.69) is 10.6 Å². The summed E-state index contributed by atoms with van der Waals surface area (Å²) in [6.45, 7) is 9.20. The van der Waals surface area contributed by atoms with Gasteiger partial charge in [0.1, 0.15) is 12.2 Å². The number of carbonyl (C=O) groups excluding carboxylic acids is 4. The molecule has 0 aliphatic heterocycles. The third kappa shape index (κ3) is 15.6. The summed E-state index contributed by atoms with van der Waals surface area (Å²) in [5, 5.41) is 5.38. The molecule has 0 heterocycles. The summed E-state index contributed by atoms with van der Waals surface area (Å²) < 4.78 is 15.3. The molecule has 2 N–H and O–H groups in total. The molecule has 0 saturated carbocycles. The van der Waals surface area contributed by atoms with E-state index in [0.717, 1.165) is 5.56 Å². The standard InChI is InChI=1S/C26H41N3O7/c1-5-34-23(31)15-14-22(30)29(19-11-17-28-25(33)36-26(2,3)4)18-10-9-16-27-24(32)35-20-21-12-7-6-8-13-21/h6-8,12-13H,5,9-11,14-20H2,1-4H3,(H,27,32)(H,28,33). The predicted octanol–water partition coefficient (Wildman–Crippen LogP) is 3.78. The maximum absolute atomic E-state index is 12.7. The van der Waals surface area contributed by atoms with Crippen LogP contribution in [-0.2, 0) is 30.4 Å². The molecule has 10 heteroatoms. The highest BCUT2D eigenvalue weighted by Gasteiger charge is 2.17.